The number of H-pyrrole nitrogens is 1. The number of nitro benzene ring substituents is 1. The molecule has 0 aliphatic carbocycles. The fourth-order valence-electron chi connectivity index (χ4n) is 4.31. The first-order chi connectivity index (χ1) is 17.0. The Hall–Kier alpha value is -4.04. The molecule has 178 valence electrons. The van der Waals surface area contributed by atoms with Crippen LogP contribution in [0.1, 0.15) is 23.5 Å². The van der Waals surface area contributed by atoms with Gasteiger partial charge in [-0.25, -0.2) is 0 Å². The van der Waals surface area contributed by atoms with E-state index >= 15 is 0 Å². The smallest absolute Gasteiger partial charge is 0.270 e. The molecule has 0 spiro atoms. The van der Waals surface area contributed by atoms with E-state index in [4.69, 9.17) is 21.1 Å². The summed E-state index contributed by atoms with van der Waals surface area (Å²) in [6.45, 7) is 0.621. The van der Waals surface area contributed by atoms with Crippen molar-refractivity contribution in [3.8, 4) is 11.5 Å². The molecule has 2 heterocycles. The maximum atomic E-state index is 13.0. The summed E-state index contributed by atoms with van der Waals surface area (Å²) in [6.07, 6.45) is 1.61. The second-order valence-corrected chi connectivity index (χ2v) is 8.78. The van der Waals surface area contributed by atoms with Gasteiger partial charge < -0.3 is 19.8 Å². The van der Waals surface area contributed by atoms with Crippen LogP contribution in [0.25, 0.3) is 10.9 Å². The fraction of sp³-hybridized carbons (Fsp3) is 0.192. The van der Waals surface area contributed by atoms with Crippen molar-refractivity contribution in [2.75, 3.05) is 13.2 Å². The predicted octanol–water partition coefficient (Wildman–Crippen LogP) is 5.21. The molecule has 0 saturated carbocycles. The van der Waals surface area contributed by atoms with E-state index in [2.05, 4.69) is 10.3 Å². The highest BCUT2D eigenvalue weighted by molar-refractivity contribution is 6.30. The number of hydrogen-bond donors (Lipinski definition) is 2. The number of halogens is 1. The lowest BCUT2D eigenvalue weighted by atomic mass is 9.88. The van der Waals surface area contributed by atoms with Crippen molar-refractivity contribution in [1.82, 2.24) is 10.3 Å². The highest BCUT2D eigenvalue weighted by Crippen LogP contribution is 2.36. The van der Waals surface area contributed by atoms with E-state index < -0.39 is 4.92 Å². The first-order valence-electron chi connectivity index (χ1n) is 11.1. The Morgan fingerprint density at radius 3 is 2.77 bits per heavy atom. The molecule has 4 aromatic rings. The zero-order valence-corrected chi connectivity index (χ0v) is 19.3. The molecule has 1 amide bonds. The molecule has 2 atom stereocenters. The van der Waals surface area contributed by atoms with Gasteiger partial charge in [-0.2, -0.15) is 0 Å². The van der Waals surface area contributed by atoms with Crippen molar-refractivity contribution in [2.45, 2.75) is 18.4 Å². The van der Waals surface area contributed by atoms with Crippen LogP contribution < -0.4 is 14.8 Å². The van der Waals surface area contributed by atoms with E-state index in [1.165, 1.54) is 12.1 Å². The topological polar surface area (TPSA) is 106 Å². The molecule has 0 saturated heterocycles. The summed E-state index contributed by atoms with van der Waals surface area (Å²) in [5.41, 5.74) is 2.37. The minimum Gasteiger partial charge on any atom is -0.486 e. The molecule has 2 N–H and O–H groups in total. The number of non-ortho nitro benzene ring substituents is 1. The van der Waals surface area contributed by atoms with Gasteiger partial charge in [0.05, 0.1) is 11.5 Å². The lowest BCUT2D eigenvalue weighted by Crippen LogP contribution is -2.41. The number of nitrogens with one attached hydrogen (secondary N) is 2. The third-order valence-corrected chi connectivity index (χ3v) is 6.25. The van der Waals surface area contributed by atoms with E-state index in [1.54, 1.807) is 18.3 Å². The number of carbonyl (C=O) groups is 1. The SMILES string of the molecule is O=C(C[C@@H](c1cccc(Cl)c1)c1c[nH]c2ccc([N+](=O)[O-])cc12)NC[C@H]1COc2ccccc2O1. The van der Waals surface area contributed by atoms with Crippen molar-refractivity contribution in [1.29, 1.82) is 0 Å². The highest BCUT2D eigenvalue weighted by Gasteiger charge is 2.25. The maximum absolute atomic E-state index is 13.0. The summed E-state index contributed by atoms with van der Waals surface area (Å²) < 4.78 is 11.6. The molecule has 1 aliphatic rings. The number of ether oxygens (including phenoxy) is 2. The third kappa shape index (κ3) is 4.93. The molecule has 3 aromatic carbocycles. The van der Waals surface area contributed by atoms with E-state index in [1.807, 2.05) is 42.5 Å². The number of hydrogen-bond acceptors (Lipinski definition) is 5. The number of nitrogens with zero attached hydrogens (tertiary/aromatic N) is 1. The van der Waals surface area contributed by atoms with E-state index in [-0.39, 0.29) is 36.6 Å². The zero-order chi connectivity index (χ0) is 24.4. The van der Waals surface area contributed by atoms with Gasteiger partial charge in [0.1, 0.15) is 12.7 Å². The standard InChI is InChI=1S/C26H22ClN3O5/c27-17-5-3-4-16(10-17)20(22-14-28-23-9-8-18(30(32)33)11-21(22)23)12-26(31)29-13-19-15-34-24-6-1-2-7-25(24)35-19/h1-11,14,19-20,28H,12-13,15H2,(H,29,31)/t19-,20-/m0/s1. The summed E-state index contributed by atoms with van der Waals surface area (Å²) in [5.74, 6) is 0.783. The van der Waals surface area contributed by atoms with Gasteiger partial charge in [-0.05, 0) is 41.5 Å². The first kappa shape index (κ1) is 22.7. The Morgan fingerprint density at radius 2 is 1.97 bits per heavy atom. The number of para-hydroxylation sites is 2. The van der Waals surface area contributed by atoms with Crippen LogP contribution in [0.5, 0.6) is 11.5 Å². The van der Waals surface area contributed by atoms with Crippen molar-refractivity contribution in [3.05, 3.63) is 99.2 Å². The van der Waals surface area contributed by atoms with Gasteiger partial charge in [0.25, 0.3) is 5.69 Å². The molecule has 5 rings (SSSR count). The van der Waals surface area contributed by atoms with Gasteiger partial charge in [0.15, 0.2) is 11.5 Å². The number of rotatable bonds is 7. The average molecular weight is 492 g/mol. The number of fused-ring (bicyclic) bond motifs is 2. The van der Waals surface area contributed by atoms with Gasteiger partial charge >= 0.3 is 0 Å². The molecule has 8 nitrogen and oxygen atoms in total. The average Bonchev–Trinajstić information content (AvgIpc) is 3.29. The Bertz CT molecular complexity index is 1400. The summed E-state index contributed by atoms with van der Waals surface area (Å²) in [7, 11) is 0. The van der Waals surface area contributed by atoms with Gasteiger partial charge in [-0.3, -0.25) is 14.9 Å². The number of carbonyl (C=O) groups excluding carboxylic acids is 1. The van der Waals surface area contributed by atoms with Crippen LogP contribution in [-0.2, 0) is 4.79 Å². The van der Waals surface area contributed by atoms with E-state index in [0.717, 1.165) is 16.6 Å². The van der Waals surface area contributed by atoms with Crippen LogP contribution >= 0.6 is 11.6 Å². The van der Waals surface area contributed by atoms with Gasteiger partial charge in [-0.15, -0.1) is 0 Å². The Balaban J connectivity index is 1.37. The Morgan fingerprint density at radius 1 is 1.14 bits per heavy atom. The summed E-state index contributed by atoms with van der Waals surface area (Å²) >= 11 is 6.25. The molecular weight excluding hydrogens is 470 g/mol. The molecule has 1 aromatic heterocycles. The van der Waals surface area contributed by atoms with Crippen LogP contribution in [0.2, 0.25) is 5.02 Å². The number of nitro groups is 1. The normalized spacial score (nSPS) is 15.5. The van der Waals surface area contributed by atoms with Gasteiger partial charge in [-0.1, -0.05) is 35.9 Å². The molecule has 0 bridgehead atoms. The quantitative estimate of drug-likeness (QED) is 0.273. The molecule has 0 fully saturated rings. The van der Waals surface area contributed by atoms with Crippen LogP contribution in [0.3, 0.4) is 0 Å². The van der Waals surface area contributed by atoms with Crippen LogP contribution in [-0.4, -0.2) is 35.1 Å². The second-order valence-electron chi connectivity index (χ2n) is 8.34. The monoisotopic (exact) mass is 491 g/mol. The number of amides is 1. The largest absolute Gasteiger partial charge is 0.486 e. The number of aromatic amines is 1. The Kier molecular flexibility index (Phi) is 6.29. The van der Waals surface area contributed by atoms with Crippen molar-refractivity contribution in [2.24, 2.45) is 0 Å². The zero-order valence-electron chi connectivity index (χ0n) is 18.6. The summed E-state index contributed by atoms with van der Waals surface area (Å²) in [4.78, 5) is 27.1. The first-order valence-corrected chi connectivity index (χ1v) is 11.5. The van der Waals surface area contributed by atoms with Crippen LogP contribution in [0.15, 0.2) is 72.9 Å². The number of aromatic nitrogens is 1. The van der Waals surface area contributed by atoms with Crippen molar-refractivity contribution in [3.63, 3.8) is 0 Å². The maximum Gasteiger partial charge on any atom is 0.270 e. The fourth-order valence-corrected chi connectivity index (χ4v) is 4.51. The molecule has 0 radical (unpaired) electrons. The lowest BCUT2D eigenvalue weighted by Gasteiger charge is -2.26. The third-order valence-electron chi connectivity index (χ3n) is 6.02. The van der Waals surface area contributed by atoms with E-state index in [0.29, 0.717) is 28.5 Å². The van der Waals surface area contributed by atoms with Gasteiger partial charge in [0.2, 0.25) is 5.91 Å². The Labute approximate surface area is 206 Å². The minimum atomic E-state index is -0.429. The second kappa shape index (κ2) is 9.68. The molecular formula is C26H22ClN3O5. The van der Waals surface area contributed by atoms with Gasteiger partial charge in [0, 0.05) is 46.6 Å². The number of benzene rings is 3. The highest BCUT2D eigenvalue weighted by atomic mass is 35.5. The summed E-state index contributed by atoms with van der Waals surface area (Å²) in [6, 6.07) is 19.4. The van der Waals surface area contributed by atoms with E-state index in [9.17, 15) is 14.9 Å². The van der Waals surface area contributed by atoms with Crippen LogP contribution in [0.4, 0.5) is 5.69 Å². The summed E-state index contributed by atoms with van der Waals surface area (Å²) in [5, 5.41) is 15.5. The predicted molar refractivity (Wildman–Crippen MR) is 132 cm³/mol. The molecule has 1 aliphatic heterocycles. The molecule has 35 heavy (non-hydrogen) atoms. The van der Waals surface area contributed by atoms with Crippen molar-refractivity contribution >= 4 is 34.1 Å². The molecule has 9 heteroatoms. The van der Waals surface area contributed by atoms with Crippen molar-refractivity contribution < 1.29 is 19.2 Å². The van der Waals surface area contributed by atoms with Crippen LogP contribution in [0, 0.1) is 10.1 Å². The lowest BCUT2D eigenvalue weighted by molar-refractivity contribution is -0.384. The molecule has 0 unspecified atom stereocenters. The minimum absolute atomic E-state index is 0.0117.